The number of carbonyl (C=O) groups is 3. The van der Waals surface area contributed by atoms with Gasteiger partial charge in [0.15, 0.2) is 11.4 Å². The molecule has 0 unspecified atom stereocenters. The third kappa shape index (κ3) is 4.30. The van der Waals surface area contributed by atoms with Crippen molar-refractivity contribution in [2.45, 2.75) is 31.4 Å². The number of phenolic OH excluding ortho intramolecular Hbond substituents is 1. The topological polar surface area (TPSA) is 228 Å². The van der Waals surface area contributed by atoms with Gasteiger partial charge in [-0.1, -0.05) is 0 Å². The van der Waals surface area contributed by atoms with Crippen molar-refractivity contribution < 1.29 is 44.8 Å². The number of aliphatic hydroxyl groups excluding tert-OH is 3. The number of Topliss-reactive ketones (excluding diaryl/α,β-unsaturated/α-hetero) is 2. The molecule has 0 bridgehead atoms. The fourth-order valence-corrected chi connectivity index (χ4v) is 5.82. The van der Waals surface area contributed by atoms with E-state index in [0.717, 1.165) is 6.07 Å². The first kappa shape index (κ1) is 29.5. The van der Waals surface area contributed by atoms with Crippen molar-refractivity contribution in [2.75, 3.05) is 39.7 Å². The molecule has 1 amide bonds. The number of phenols is 1. The van der Waals surface area contributed by atoms with Gasteiger partial charge in [-0.15, -0.1) is 0 Å². The van der Waals surface area contributed by atoms with Crippen LogP contribution in [0.1, 0.15) is 24.5 Å². The number of benzene rings is 1. The van der Waals surface area contributed by atoms with Gasteiger partial charge >= 0.3 is 5.69 Å². The highest BCUT2D eigenvalue weighted by molar-refractivity contribution is 6.24. The lowest BCUT2D eigenvalue weighted by molar-refractivity contribution is -0.385. The molecular formula is C25H32N4O10. The van der Waals surface area contributed by atoms with E-state index in [1.807, 2.05) is 0 Å². The van der Waals surface area contributed by atoms with Crippen molar-refractivity contribution in [3.63, 3.8) is 0 Å². The standard InChI is InChI=1S/C23H26N4O9.C2H6O/c1-25(2)11-7-12(27(35)36)17(28)14-9(11)5-8-6-10-16(26(3)4)19(30)15(22(24)33)21(32)23(10,34)20(31)13(8)18(14)29;1-2-3/h7-8,10,16,28-29,32,34H,5-6H2,1-4H3,(H2,24,33);3H,2H2,1H3/t8-,10-,16-,23-;/m0./s1. The molecule has 7 N–H and O–H groups in total. The number of anilines is 1. The van der Waals surface area contributed by atoms with Gasteiger partial charge in [-0.05, 0) is 45.3 Å². The first-order valence-corrected chi connectivity index (χ1v) is 12.0. The summed E-state index contributed by atoms with van der Waals surface area (Å²) >= 11 is 0. The summed E-state index contributed by atoms with van der Waals surface area (Å²) in [6.45, 7) is 1.93. The lowest BCUT2D eigenvalue weighted by atomic mass is 9.57. The average molecular weight is 549 g/mol. The van der Waals surface area contributed by atoms with Crippen LogP contribution in [0.3, 0.4) is 0 Å². The van der Waals surface area contributed by atoms with Gasteiger partial charge < -0.3 is 36.2 Å². The summed E-state index contributed by atoms with van der Waals surface area (Å²) in [5.74, 6) is -8.16. The Morgan fingerprint density at radius 3 is 2.23 bits per heavy atom. The molecule has 0 radical (unpaired) electrons. The zero-order valence-corrected chi connectivity index (χ0v) is 22.1. The van der Waals surface area contributed by atoms with Gasteiger partial charge in [0.1, 0.15) is 17.1 Å². The number of amides is 1. The molecule has 4 rings (SSSR count). The summed E-state index contributed by atoms with van der Waals surface area (Å²) in [4.78, 5) is 52.5. The number of aliphatic hydroxyl groups is 4. The highest BCUT2D eigenvalue weighted by Crippen LogP contribution is 2.54. The molecule has 3 aliphatic carbocycles. The molecule has 14 heteroatoms. The molecule has 0 saturated heterocycles. The molecule has 1 fully saturated rings. The summed E-state index contributed by atoms with van der Waals surface area (Å²) in [6.07, 6.45) is -0.0377. The van der Waals surface area contributed by atoms with Crippen LogP contribution in [0.15, 0.2) is 23.0 Å². The van der Waals surface area contributed by atoms with E-state index in [0.29, 0.717) is 11.3 Å². The molecule has 0 spiro atoms. The second-order valence-corrected chi connectivity index (χ2v) is 10.0. The molecule has 0 heterocycles. The van der Waals surface area contributed by atoms with Crippen molar-refractivity contribution in [1.29, 1.82) is 0 Å². The zero-order valence-electron chi connectivity index (χ0n) is 22.1. The maximum absolute atomic E-state index is 13.8. The number of rotatable bonds is 4. The Hall–Kier alpha value is -4.01. The van der Waals surface area contributed by atoms with Crippen molar-refractivity contribution >= 4 is 34.6 Å². The highest BCUT2D eigenvalue weighted by Gasteiger charge is 2.64. The molecule has 4 atom stereocenters. The molecule has 39 heavy (non-hydrogen) atoms. The van der Waals surface area contributed by atoms with E-state index in [4.69, 9.17) is 10.8 Å². The number of primary amides is 1. The second-order valence-electron chi connectivity index (χ2n) is 10.0. The first-order chi connectivity index (χ1) is 18.1. The third-order valence-electron chi connectivity index (χ3n) is 7.36. The summed E-state index contributed by atoms with van der Waals surface area (Å²) in [6, 6.07) is -0.0329. The predicted molar refractivity (Wildman–Crippen MR) is 138 cm³/mol. The van der Waals surface area contributed by atoms with Gasteiger partial charge in [0, 0.05) is 43.9 Å². The van der Waals surface area contributed by atoms with Crippen LogP contribution in [-0.2, 0) is 20.8 Å². The Kier molecular flexibility index (Phi) is 7.79. The molecule has 14 nitrogen and oxygen atoms in total. The lowest BCUT2D eigenvalue weighted by Gasteiger charge is -2.50. The molecule has 1 saturated carbocycles. The number of fused-ring (bicyclic) bond motifs is 3. The predicted octanol–water partition coefficient (Wildman–Crippen LogP) is -0.0632. The number of nitro groups is 1. The van der Waals surface area contributed by atoms with E-state index < -0.39 is 74.4 Å². The van der Waals surface area contributed by atoms with Gasteiger partial charge in [-0.3, -0.25) is 29.4 Å². The number of nitro benzene ring substituents is 1. The minimum Gasteiger partial charge on any atom is -0.508 e. The smallest absolute Gasteiger partial charge is 0.313 e. The minimum atomic E-state index is -2.77. The van der Waals surface area contributed by atoms with Crippen LogP contribution in [0, 0.1) is 22.0 Å². The van der Waals surface area contributed by atoms with E-state index in [1.165, 1.54) is 19.0 Å². The van der Waals surface area contributed by atoms with Gasteiger partial charge in [0.05, 0.1) is 16.5 Å². The Morgan fingerprint density at radius 1 is 1.21 bits per heavy atom. The monoisotopic (exact) mass is 548 g/mol. The Labute approximate surface area is 223 Å². The molecule has 0 aliphatic heterocycles. The summed E-state index contributed by atoms with van der Waals surface area (Å²) < 4.78 is 0. The fourth-order valence-electron chi connectivity index (χ4n) is 5.82. The lowest BCUT2D eigenvalue weighted by Crippen LogP contribution is -2.65. The van der Waals surface area contributed by atoms with E-state index in [2.05, 4.69) is 0 Å². The van der Waals surface area contributed by atoms with E-state index in [-0.39, 0.29) is 30.6 Å². The van der Waals surface area contributed by atoms with Crippen molar-refractivity contribution in [3.8, 4) is 5.75 Å². The van der Waals surface area contributed by atoms with Gasteiger partial charge in [0.25, 0.3) is 5.91 Å². The molecule has 1 aromatic carbocycles. The number of hydrogen-bond acceptors (Lipinski definition) is 12. The molecule has 0 aromatic heterocycles. The molecule has 3 aliphatic rings. The van der Waals surface area contributed by atoms with E-state index in [1.54, 1.807) is 25.9 Å². The SMILES string of the molecule is CCO.CN(C)c1cc([N+](=O)[O-])c(O)c2c1C[C@H]1C[C@H]3[C@H](N(C)C)C(=O)C(C(N)=O)=C(O)[C@@]3(O)C(=O)C1=C2O. The zero-order chi connectivity index (χ0) is 29.7. The van der Waals surface area contributed by atoms with Crippen LogP contribution in [0.5, 0.6) is 5.75 Å². The summed E-state index contributed by atoms with van der Waals surface area (Å²) in [7, 11) is 6.25. The highest BCUT2D eigenvalue weighted by atomic mass is 16.6. The van der Waals surface area contributed by atoms with Crippen molar-refractivity contribution in [3.05, 3.63) is 44.2 Å². The van der Waals surface area contributed by atoms with E-state index in [9.17, 15) is 44.9 Å². The van der Waals surface area contributed by atoms with Crippen LogP contribution in [-0.4, -0.2) is 99.3 Å². The number of nitrogens with zero attached hydrogens (tertiary/aromatic N) is 3. The maximum atomic E-state index is 13.8. The van der Waals surface area contributed by atoms with Gasteiger partial charge in [0.2, 0.25) is 11.5 Å². The minimum absolute atomic E-state index is 0.0353. The van der Waals surface area contributed by atoms with Gasteiger partial charge in [-0.25, -0.2) is 0 Å². The normalized spacial score (nSPS) is 25.9. The number of hydrogen-bond donors (Lipinski definition) is 6. The Morgan fingerprint density at radius 2 is 1.77 bits per heavy atom. The number of carbonyl (C=O) groups excluding carboxylic acids is 3. The maximum Gasteiger partial charge on any atom is 0.313 e. The fraction of sp³-hybridized carbons (Fsp3) is 0.480. The Bertz CT molecular complexity index is 1330. The van der Waals surface area contributed by atoms with Crippen LogP contribution in [0.4, 0.5) is 11.4 Å². The molecule has 1 aromatic rings. The van der Waals surface area contributed by atoms with E-state index >= 15 is 0 Å². The number of aromatic hydroxyl groups is 1. The van der Waals surface area contributed by atoms with Crippen LogP contribution < -0.4 is 10.6 Å². The van der Waals surface area contributed by atoms with Crippen LogP contribution in [0.2, 0.25) is 0 Å². The Balaban J connectivity index is 0.00000134. The third-order valence-corrected chi connectivity index (χ3v) is 7.36. The molecule has 212 valence electrons. The molecular weight excluding hydrogens is 516 g/mol. The largest absolute Gasteiger partial charge is 0.508 e. The van der Waals surface area contributed by atoms with Crippen LogP contribution >= 0.6 is 0 Å². The van der Waals surface area contributed by atoms with Gasteiger partial charge in [-0.2, -0.15) is 0 Å². The van der Waals surface area contributed by atoms with Crippen molar-refractivity contribution in [1.82, 2.24) is 4.90 Å². The first-order valence-electron chi connectivity index (χ1n) is 12.0. The number of nitrogens with two attached hydrogens (primary N) is 1. The number of likely N-dealkylation sites (N-methyl/N-ethyl adjacent to an activating group) is 1. The number of ketones is 2. The second kappa shape index (κ2) is 10.3. The summed E-state index contributed by atoms with van der Waals surface area (Å²) in [5, 5.41) is 63.4. The quantitative estimate of drug-likeness (QED) is 0.165. The van der Waals surface area contributed by atoms with Crippen LogP contribution in [0.25, 0.3) is 5.76 Å². The summed E-state index contributed by atoms with van der Waals surface area (Å²) in [5.41, 5.74) is 0.875. The average Bonchev–Trinajstić information content (AvgIpc) is 2.81. The van der Waals surface area contributed by atoms with Crippen molar-refractivity contribution in [2.24, 2.45) is 17.6 Å².